The highest BCUT2D eigenvalue weighted by molar-refractivity contribution is 9.12. The third-order valence-electron chi connectivity index (χ3n) is 12.0. The number of carbonyl (C=O) groups excluding carboxylic acids is 12. The maximum atomic E-state index is 12.3. The highest BCUT2D eigenvalue weighted by Crippen LogP contribution is 2.35. The van der Waals surface area contributed by atoms with Gasteiger partial charge in [-0.3, -0.25) is 9.59 Å². The van der Waals surface area contributed by atoms with Crippen molar-refractivity contribution in [2.75, 3.05) is 99.8 Å². The Kier molecular flexibility index (Phi) is 45.8. The number of alkyl halides is 14. The molecule has 0 bridgehead atoms. The van der Waals surface area contributed by atoms with Gasteiger partial charge in [-0.1, -0.05) is 31.9 Å². The van der Waals surface area contributed by atoms with Crippen molar-refractivity contribution >= 4 is 237 Å². The molecule has 2 aliphatic rings. The SMILES string of the molecule is BrCCBr.CC(C)(C)OC(=O)N1CCC(N)CC1.COC(=O)c1sc(Br)cc1N.COC(=O)c1sc(Br)cc1NC(=O)C(F)(F)F.COC(=O)c1sc(Br)cc1NC(=O)NC1CCN(C(=O)OC(C)(C)C)CC1.COC(=O)c1sccc1N.COC(=O)c1sccc1NC(=O)C(F)(F)F.O=C(OC(=O)C(F)(F)F)C(F)(F)F. The highest BCUT2D eigenvalue weighted by atomic mass is 79.9. The summed E-state index contributed by atoms with van der Waals surface area (Å²) in [5.41, 5.74) is 16.6. The number of piperidine rings is 2. The molecular formula is C61H72Br5F12N9O20S5. The van der Waals surface area contributed by atoms with Crippen LogP contribution in [-0.2, 0) is 57.1 Å². The number of nitrogen functional groups attached to an aromatic ring is 2. The Morgan fingerprint density at radius 2 is 0.786 bits per heavy atom. The lowest BCUT2D eigenvalue weighted by Gasteiger charge is -2.33. The number of thiophene rings is 5. The van der Waals surface area contributed by atoms with E-state index >= 15 is 0 Å². The summed E-state index contributed by atoms with van der Waals surface area (Å²) in [6, 6.07) is 7.18. The number of esters is 7. The molecule has 29 nitrogen and oxygen atoms in total. The molecule has 2 saturated heterocycles. The predicted molar refractivity (Wildman–Crippen MR) is 408 cm³/mol. The molecule has 5 aromatic rings. The second kappa shape index (κ2) is 48.9. The van der Waals surface area contributed by atoms with Crippen LogP contribution in [0.3, 0.4) is 0 Å². The van der Waals surface area contributed by atoms with Crippen molar-refractivity contribution in [2.24, 2.45) is 5.73 Å². The zero-order chi connectivity index (χ0) is 86.8. The van der Waals surface area contributed by atoms with E-state index in [1.807, 2.05) is 41.5 Å². The van der Waals surface area contributed by atoms with E-state index < -0.39 is 89.6 Å². The minimum absolute atomic E-state index is 0.0626. The number of hydrogen-bond donors (Lipinski definition) is 7. The fourth-order valence-corrected chi connectivity index (χ4v) is 13.0. The second-order valence-corrected chi connectivity index (χ2v) is 33.6. The quantitative estimate of drug-likeness (QED) is 0.0224. The number of nitrogens with two attached hydrogens (primary N) is 3. The van der Waals surface area contributed by atoms with Gasteiger partial charge in [-0.25, -0.2) is 47.9 Å². The van der Waals surface area contributed by atoms with Crippen LogP contribution in [0.15, 0.2) is 52.5 Å². The molecule has 10 N–H and O–H groups in total. The van der Waals surface area contributed by atoms with Crippen LogP contribution in [0.5, 0.6) is 0 Å². The largest absolute Gasteiger partial charge is 0.491 e. The van der Waals surface area contributed by atoms with E-state index in [0.29, 0.717) is 65.2 Å². The Morgan fingerprint density at radius 3 is 1.12 bits per heavy atom. The third kappa shape index (κ3) is 40.7. The lowest BCUT2D eigenvalue weighted by Crippen LogP contribution is -2.48. The number of hydrogen-bond acceptors (Lipinski definition) is 28. The van der Waals surface area contributed by atoms with Crippen molar-refractivity contribution in [2.45, 2.75) is 115 Å². The number of likely N-dealkylation sites (tertiary alicyclic amines) is 2. The maximum absolute atomic E-state index is 12.3. The molecule has 2 aliphatic heterocycles. The number of nitrogens with zero attached hydrogens (tertiary/aromatic N) is 2. The second-order valence-electron chi connectivity index (χ2n) is 22.8. The first-order valence-electron chi connectivity index (χ1n) is 30.5. The molecular weight excluding hydrogens is 1970 g/mol. The molecule has 0 radical (unpaired) electrons. The Bertz CT molecular complexity index is 3920. The summed E-state index contributed by atoms with van der Waals surface area (Å²) in [6.07, 6.45) is -18.8. The molecule has 7 rings (SSSR count). The zero-order valence-electron chi connectivity index (χ0n) is 60.0. The number of nitrogens with one attached hydrogen (secondary N) is 4. The number of rotatable bonds is 10. The average Bonchev–Trinajstić information content (AvgIpc) is 1.69. The van der Waals surface area contributed by atoms with Crippen LogP contribution >= 0.6 is 136 Å². The van der Waals surface area contributed by atoms with E-state index in [1.54, 1.807) is 44.0 Å². The summed E-state index contributed by atoms with van der Waals surface area (Å²) in [5, 5.41) is 14.0. The summed E-state index contributed by atoms with van der Waals surface area (Å²) >= 11 is 21.4. The first-order valence-corrected chi connectivity index (χ1v) is 39.3. The van der Waals surface area contributed by atoms with Gasteiger partial charge in [0, 0.05) is 48.9 Å². The van der Waals surface area contributed by atoms with Crippen LogP contribution in [-0.4, -0.2) is 202 Å². The standard InChI is InChI=1S/C17H24BrN3O5S.C10H20N2O2.C8H5BrF3NO3S.C8H6F3NO3S.C6H6BrNO2S.C6H7NO2S.C4F6O3.C2H4Br2/c1-17(2,3)26-16(24)21-7-5-10(6-8-21)19-15(23)20-11-9-12(18)27-13(11)14(22)25-4;1-10(2,3)14-9(13)12-6-4-8(11)5-7-12;1-16-6(14)5-3(2-4(9)17-5)13-7(15)8(10,11)12;1-15-6(13)5-4(2-3-16-5)12-7(14)8(9,10)11;1-10-6(9)5-3(8)2-4(7)11-5;1-9-6(8)5-4(7)2-3-10-5;5-3(6,7)1(11)13-2(12)4(8,9)10;3-1-2-4/h9-10H,5-8H2,1-4H3,(H2,19,20,23);8H,4-7,11H2,1-3H3;2H,1H3,(H,13,15);2-3H,1H3,(H,12,14);2H,8H2,1H3;2-3H,7H2,1H3;;1-2H2. The molecule has 5 aromatic heterocycles. The Labute approximate surface area is 692 Å². The van der Waals surface area contributed by atoms with Gasteiger partial charge in [0.15, 0.2) is 0 Å². The van der Waals surface area contributed by atoms with Crippen molar-refractivity contribution in [1.82, 2.24) is 15.1 Å². The summed E-state index contributed by atoms with van der Waals surface area (Å²) in [5.74, 6) is -13.6. The Morgan fingerprint density at radius 1 is 0.455 bits per heavy atom. The van der Waals surface area contributed by atoms with Gasteiger partial charge in [0.05, 0.1) is 75.3 Å². The van der Waals surface area contributed by atoms with Crippen LogP contribution in [0.1, 0.15) is 116 Å². The number of urea groups is 1. The number of anilines is 5. The van der Waals surface area contributed by atoms with Gasteiger partial charge in [-0.2, -0.15) is 52.7 Å². The normalized spacial score (nSPS) is 12.9. The van der Waals surface area contributed by atoms with E-state index in [1.165, 1.54) is 72.9 Å². The molecule has 0 spiro atoms. The van der Waals surface area contributed by atoms with E-state index in [2.05, 4.69) is 114 Å². The zero-order valence-corrected chi connectivity index (χ0v) is 72.0. The summed E-state index contributed by atoms with van der Waals surface area (Å²) in [6.45, 7) is 13.6. The van der Waals surface area contributed by atoms with Crippen LogP contribution in [0, 0.1) is 0 Å². The van der Waals surface area contributed by atoms with E-state index in [-0.39, 0.29) is 51.4 Å². The van der Waals surface area contributed by atoms with Gasteiger partial charge >= 0.3 is 96.5 Å². The summed E-state index contributed by atoms with van der Waals surface area (Å²) < 4.78 is 176. The first-order chi connectivity index (χ1) is 51.4. The van der Waals surface area contributed by atoms with Gasteiger partial charge in [0.2, 0.25) is 0 Å². The number of ether oxygens (including phenoxy) is 8. The summed E-state index contributed by atoms with van der Waals surface area (Å²) in [4.78, 5) is 137. The van der Waals surface area contributed by atoms with E-state index in [0.717, 1.165) is 77.3 Å². The molecule has 0 atom stereocenters. The number of methoxy groups -OCH3 is 5. The van der Waals surface area contributed by atoms with Crippen molar-refractivity contribution in [3.63, 3.8) is 0 Å². The topological polar surface area (TPSA) is 411 Å². The van der Waals surface area contributed by atoms with Gasteiger partial charge in [-0.05, 0) is 156 Å². The molecule has 0 saturated carbocycles. The minimum atomic E-state index is -5.62. The Balaban J connectivity index is 0.00000130. The fourth-order valence-electron chi connectivity index (χ4n) is 7.13. The lowest BCUT2D eigenvalue weighted by molar-refractivity contribution is -0.221. The smallest absolute Gasteiger partial charge is 0.465 e. The molecule has 7 heterocycles. The molecule has 0 aromatic carbocycles. The van der Waals surface area contributed by atoms with Crippen molar-refractivity contribution in [3.05, 3.63) is 76.8 Å². The molecule has 2 fully saturated rings. The number of halogens is 17. The molecule has 112 heavy (non-hydrogen) atoms. The monoisotopic (exact) mass is 2030 g/mol. The predicted octanol–water partition coefficient (Wildman–Crippen LogP) is 15.9. The van der Waals surface area contributed by atoms with Crippen molar-refractivity contribution in [1.29, 1.82) is 0 Å². The third-order valence-corrected chi connectivity index (χ3v) is 20.5. The fraction of sp³-hybridized carbons (Fsp3) is 0.475. The van der Waals surface area contributed by atoms with Gasteiger partial charge in [0.1, 0.15) is 35.6 Å². The maximum Gasteiger partial charge on any atom is 0.491 e. The van der Waals surface area contributed by atoms with Crippen molar-refractivity contribution in [3.8, 4) is 0 Å². The summed E-state index contributed by atoms with van der Waals surface area (Å²) in [7, 11) is 6.14. The highest BCUT2D eigenvalue weighted by Gasteiger charge is 2.49. The number of carbonyl (C=O) groups is 12. The van der Waals surface area contributed by atoms with Crippen LogP contribution in [0.25, 0.3) is 0 Å². The van der Waals surface area contributed by atoms with Gasteiger partial charge in [0.25, 0.3) is 0 Å². The molecule has 0 unspecified atom stereocenters. The van der Waals surface area contributed by atoms with Crippen LogP contribution < -0.4 is 38.5 Å². The number of amides is 6. The molecule has 630 valence electrons. The van der Waals surface area contributed by atoms with Crippen molar-refractivity contribution < 1.29 is 148 Å². The average molecular weight is 2040 g/mol. The molecule has 0 aliphatic carbocycles. The van der Waals surface area contributed by atoms with Gasteiger partial charge in [-0.15, -0.1) is 56.7 Å². The van der Waals surface area contributed by atoms with Crippen LogP contribution in [0.2, 0.25) is 0 Å². The molecule has 51 heteroatoms. The van der Waals surface area contributed by atoms with E-state index in [9.17, 15) is 110 Å². The lowest BCUT2D eigenvalue weighted by atomic mass is 10.1. The minimum Gasteiger partial charge on any atom is -0.465 e. The Hall–Kier alpha value is -7.14. The first kappa shape index (κ1) is 105. The molecule has 6 amide bonds. The van der Waals surface area contributed by atoms with Gasteiger partial charge < -0.3 is 86.2 Å². The van der Waals surface area contributed by atoms with E-state index in [4.69, 9.17) is 31.4 Å². The van der Waals surface area contributed by atoms with Crippen LogP contribution in [0.4, 0.5) is 95.5 Å².